The normalized spacial score (nSPS) is 11.4. The molecule has 0 bridgehead atoms. The van der Waals surface area contributed by atoms with E-state index in [0.717, 1.165) is 19.1 Å². The Morgan fingerprint density at radius 3 is 1.32 bits per heavy atom. The Balaban J connectivity index is 1.51. The number of benzene rings is 4. The third-order valence-electron chi connectivity index (χ3n) is 7.20. The van der Waals surface area contributed by atoms with Gasteiger partial charge in [0.05, 0.1) is 0 Å². The molecule has 0 aliphatic rings. The maximum atomic E-state index is 12.9. The van der Waals surface area contributed by atoms with Crippen LogP contribution in [0, 0.1) is 30.3 Å². The summed E-state index contributed by atoms with van der Waals surface area (Å²) < 4.78 is 26.0. The van der Waals surface area contributed by atoms with Gasteiger partial charge in [0, 0.05) is 6.42 Å². The molecule has 2 N–H and O–H groups in total. The quantitative estimate of drug-likeness (QED) is 0.0569. The number of ether oxygens (including phenoxy) is 5. The summed E-state index contributed by atoms with van der Waals surface area (Å²) in [6.45, 7) is 0.0551. The Bertz CT molecular complexity index is 2110. The lowest BCUT2D eigenvalue weighted by molar-refractivity contribution is -0.763. The first-order valence-electron chi connectivity index (χ1n) is 15.8. The predicted octanol–water partition coefficient (Wildman–Crippen LogP) is 5.14. The van der Waals surface area contributed by atoms with Crippen molar-refractivity contribution in [3.05, 3.63) is 144 Å². The molecule has 57 heavy (non-hydrogen) atoms. The van der Waals surface area contributed by atoms with Crippen LogP contribution < -0.4 is 29.0 Å². The summed E-state index contributed by atoms with van der Waals surface area (Å²) in [4.78, 5) is 94.9. The summed E-state index contributed by atoms with van der Waals surface area (Å²) in [5, 5.41) is 40.7. The van der Waals surface area contributed by atoms with Crippen molar-refractivity contribution in [2.24, 2.45) is 0 Å². The third-order valence-corrected chi connectivity index (χ3v) is 7.20. The fourth-order valence-corrected chi connectivity index (χ4v) is 4.52. The van der Waals surface area contributed by atoms with Gasteiger partial charge in [0.15, 0.2) is 11.5 Å². The highest BCUT2D eigenvalue weighted by Crippen LogP contribution is 2.32. The highest BCUT2D eigenvalue weighted by atomic mass is 17.0. The van der Waals surface area contributed by atoms with E-state index in [9.17, 15) is 54.6 Å². The second kappa shape index (κ2) is 19.2. The van der Waals surface area contributed by atoms with Crippen molar-refractivity contribution in [3.8, 4) is 28.7 Å². The molecule has 4 rings (SSSR count). The molecule has 0 aliphatic heterocycles. The summed E-state index contributed by atoms with van der Waals surface area (Å²) in [7, 11) is 0. The fraction of sp³-hybridized carbons (Fsp3) is 0.176. The number of carboxylic acid groups (broad SMARTS) is 1. The lowest BCUT2D eigenvalue weighted by Crippen LogP contribution is -2.54. The van der Waals surface area contributed by atoms with Crippen LogP contribution in [0.2, 0.25) is 0 Å². The van der Waals surface area contributed by atoms with E-state index in [0.29, 0.717) is 16.7 Å². The van der Waals surface area contributed by atoms with Gasteiger partial charge in [-0.1, -0.05) is 42.5 Å². The Labute approximate surface area is 318 Å². The molecule has 4 aromatic rings. The molecule has 0 aliphatic carbocycles. The highest BCUT2D eigenvalue weighted by molar-refractivity contribution is 5.85. The fourth-order valence-electron chi connectivity index (χ4n) is 4.52. The summed E-state index contributed by atoms with van der Waals surface area (Å²) >= 11 is 0. The second-order valence-corrected chi connectivity index (χ2v) is 11.4. The molecule has 1 amide bonds. The van der Waals surface area contributed by atoms with Gasteiger partial charge in [0.25, 0.3) is 15.3 Å². The first-order chi connectivity index (χ1) is 27.1. The highest BCUT2D eigenvalue weighted by Gasteiger charge is 2.36. The van der Waals surface area contributed by atoms with E-state index in [2.05, 4.69) is 19.8 Å². The van der Waals surface area contributed by atoms with Crippen LogP contribution in [-0.4, -0.2) is 50.3 Å². The zero-order valence-electron chi connectivity index (χ0n) is 29.1. The Morgan fingerprint density at radius 2 is 0.930 bits per heavy atom. The van der Waals surface area contributed by atoms with Crippen LogP contribution in [0.25, 0.3) is 0 Å². The Kier molecular flexibility index (Phi) is 14.0. The van der Waals surface area contributed by atoms with Crippen LogP contribution in [0.3, 0.4) is 0 Å². The largest absolute Gasteiger partial charge is 0.519 e. The van der Waals surface area contributed by atoms with Gasteiger partial charge in [-0.25, -0.2) is 19.2 Å². The van der Waals surface area contributed by atoms with E-state index >= 15 is 0 Å². The maximum absolute atomic E-state index is 12.9. The first kappa shape index (κ1) is 41.5. The summed E-state index contributed by atoms with van der Waals surface area (Å²) in [6, 6.07) is 19.5. The molecule has 23 heteroatoms. The number of carbonyl (C=O) groups is 4. The van der Waals surface area contributed by atoms with Gasteiger partial charge in [0.2, 0.25) is 0 Å². The van der Waals surface area contributed by atoms with Crippen molar-refractivity contribution in [2.75, 3.05) is 0 Å². The average molecular weight is 797 g/mol. The second-order valence-electron chi connectivity index (χ2n) is 11.4. The lowest BCUT2D eigenvalue weighted by Gasteiger charge is -2.26. The molecule has 0 heterocycles. The van der Waals surface area contributed by atoms with Crippen LogP contribution in [0.5, 0.6) is 28.7 Å². The number of nitrogens with one attached hydrogen (secondary N) is 1. The van der Waals surface area contributed by atoms with Crippen molar-refractivity contribution >= 4 is 24.4 Å². The van der Waals surface area contributed by atoms with Gasteiger partial charge >= 0.3 is 24.4 Å². The molecule has 0 spiro atoms. The zero-order valence-corrected chi connectivity index (χ0v) is 29.1. The lowest BCUT2D eigenvalue weighted by atomic mass is 9.93. The van der Waals surface area contributed by atoms with E-state index in [1.807, 2.05) is 0 Å². The van der Waals surface area contributed by atoms with Gasteiger partial charge in [0.1, 0.15) is 42.6 Å². The number of amides is 1. The minimum atomic E-state index is -2.06. The average Bonchev–Trinajstić information content (AvgIpc) is 3.14. The number of aliphatic carboxylic acids is 1. The molecule has 0 fully saturated rings. The van der Waals surface area contributed by atoms with E-state index in [4.69, 9.17) is 23.7 Å². The van der Waals surface area contributed by atoms with Crippen molar-refractivity contribution in [2.45, 2.75) is 38.7 Å². The maximum Gasteiger partial charge on any atom is 0.519 e. The predicted molar refractivity (Wildman–Crippen MR) is 183 cm³/mol. The third kappa shape index (κ3) is 13.6. The van der Waals surface area contributed by atoms with E-state index in [1.165, 1.54) is 78.9 Å². The zero-order chi connectivity index (χ0) is 41.5. The Hall–Kier alpha value is -8.24. The van der Waals surface area contributed by atoms with Gasteiger partial charge < -0.3 is 48.6 Å². The van der Waals surface area contributed by atoms with E-state index < -0.39 is 63.1 Å². The van der Waals surface area contributed by atoms with Gasteiger partial charge in [-0.15, -0.1) is 30.3 Å². The smallest absolute Gasteiger partial charge is 0.480 e. The van der Waals surface area contributed by atoms with E-state index in [1.54, 1.807) is 0 Å². The number of hydrogen-bond donors (Lipinski definition) is 2. The summed E-state index contributed by atoms with van der Waals surface area (Å²) in [6.07, 6.45) is -4.36. The van der Waals surface area contributed by atoms with Gasteiger partial charge in [-0.2, -0.15) is 0 Å². The van der Waals surface area contributed by atoms with Crippen LogP contribution >= 0.6 is 0 Å². The van der Waals surface area contributed by atoms with Crippen molar-refractivity contribution in [3.63, 3.8) is 0 Å². The molecule has 0 saturated carbocycles. The molecular weight excluding hydrogens is 768 g/mol. The number of nitrogens with zero attached hydrogens (tertiary/aromatic N) is 3. The molecule has 298 valence electrons. The molecule has 0 radical (unpaired) electrons. The molecule has 1 atom stereocenters. The summed E-state index contributed by atoms with van der Waals surface area (Å²) in [5.74, 6) is -2.57. The van der Waals surface area contributed by atoms with Crippen LogP contribution in [0.4, 0.5) is 14.4 Å². The number of carbonyl (C=O) groups excluding carboxylic acids is 3. The molecule has 0 saturated heterocycles. The topological polar surface area (TPSA) is 304 Å². The molecule has 4 aromatic carbocycles. The molecule has 23 nitrogen and oxygen atoms in total. The van der Waals surface area contributed by atoms with Gasteiger partial charge in [-0.3, -0.25) is 0 Å². The monoisotopic (exact) mass is 796 g/mol. The van der Waals surface area contributed by atoms with Crippen LogP contribution in [-0.2, 0) is 45.5 Å². The first-order valence-corrected chi connectivity index (χ1v) is 15.8. The van der Waals surface area contributed by atoms with Crippen molar-refractivity contribution < 1.29 is 77.7 Å². The standard InChI is InChI=1S/C34H28N4O19/c1-34(30(39)40,35-31(41)53-25-9-2-21(3-10-25)18-50-36(44)45)17-24-8-15-28(56-32(42)54-26-11-4-22(5-12-26)19-51-37(46)47)29(16-24)57-33(43)55-27-13-6-23(7-14-27)20-52-38(48)49/h2-16H,17-20H2,1H3,(H,35,41)(H,39,40). The van der Waals surface area contributed by atoms with Crippen molar-refractivity contribution in [1.29, 1.82) is 0 Å². The number of carboxylic acids is 1. The SMILES string of the molecule is CC(Cc1ccc(OC(=O)Oc2ccc(CO[N+](=O)[O-])cc2)c(OC(=O)Oc2ccc(CO[N+](=O)[O-])cc2)c1)(NC(=O)Oc1ccc(CO[N+](=O)[O-])cc1)C(=O)O. The van der Waals surface area contributed by atoms with Gasteiger partial charge in [-0.05, 0) is 77.7 Å². The number of rotatable bonds is 18. The molecular formula is C34H28N4O19. The van der Waals surface area contributed by atoms with E-state index in [-0.39, 0.29) is 42.6 Å². The van der Waals surface area contributed by atoms with Crippen molar-refractivity contribution in [1.82, 2.24) is 5.32 Å². The van der Waals surface area contributed by atoms with Crippen LogP contribution in [0.15, 0.2) is 91.0 Å². The Morgan fingerprint density at radius 1 is 0.561 bits per heavy atom. The molecule has 1 unspecified atom stereocenters. The van der Waals surface area contributed by atoms with Crippen LogP contribution in [0.1, 0.15) is 29.2 Å². The molecule has 0 aromatic heterocycles. The minimum Gasteiger partial charge on any atom is -0.480 e. The minimum absolute atomic E-state index is 0.0352. The summed E-state index contributed by atoms with van der Waals surface area (Å²) in [5.41, 5.74) is -0.822. The number of hydrogen-bond acceptors (Lipinski definition) is 18.